The van der Waals surface area contributed by atoms with Crippen LogP contribution in [0, 0.1) is 16.2 Å². The van der Waals surface area contributed by atoms with E-state index in [1.165, 1.54) is 6.92 Å². The van der Waals surface area contributed by atoms with Crippen LogP contribution in [0.3, 0.4) is 0 Å². The lowest BCUT2D eigenvalue weighted by molar-refractivity contribution is -0.295. The molecule has 7 heteroatoms. The van der Waals surface area contributed by atoms with E-state index in [2.05, 4.69) is 4.74 Å². The third-order valence-electron chi connectivity index (χ3n) is 4.21. The Hall–Kier alpha value is -0.880. The normalized spacial score (nSPS) is 15.0. The molecule has 0 aromatic rings. The van der Waals surface area contributed by atoms with Crippen molar-refractivity contribution in [3.8, 4) is 0 Å². The molecule has 0 bridgehead atoms. The zero-order chi connectivity index (χ0) is 17.5. The van der Waals surface area contributed by atoms with Crippen molar-refractivity contribution in [2.45, 2.75) is 60.6 Å². The van der Waals surface area contributed by atoms with Crippen LogP contribution in [-0.4, -0.2) is 24.7 Å². The van der Waals surface area contributed by atoms with E-state index in [9.17, 15) is 26.7 Å². The van der Waals surface area contributed by atoms with Crippen molar-refractivity contribution in [1.82, 2.24) is 0 Å². The second-order valence-electron chi connectivity index (χ2n) is 7.40. The number of esters is 1. The molecule has 0 amide bonds. The number of carbonyl (C=O) groups is 1. The first-order valence-electron chi connectivity index (χ1n) is 6.50. The number of alkyl halides is 5. The summed E-state index contributed by atoms with van der Waals surface area (Å²) in [4.78, 5) is 12.2. The lowest BCUT2D eigenvalue weighted by atomic mass is 9.55. The molecule has 0 radical (unpaired) electrons. The highest BCUT2D eigenvalue weighted by Crippen LogP contribution is 2.52. The topological polar surface area (TPSA) is 26.3 Å². The maximum Gasteiger partial charge on any atom is 0.456 e. The highest BCUT2D eigenvalue weighted by Gasteiger charge is 2.60. The van der Waals surface area contributed by atoms with Gasteiger partial charge in [0.05, 0.1) is 5.41 Å². The Morgan fingerprint density at radius 3 is 1.38 bits per heavy atom. The SMILES string of the molecule is CC(C)(C)C(C)(C(=O)OCC(F)(F)C(F)(F)F)C(C)(C)C. The minimum Gasteiger partial charge on any atom is -0.458 e. The third-order valence-corrected chi connectivity index (χ3v) is 4.21. The highest BCUT2D eigenvalue weighted by molar-refractivity contribution is 5.78. The molecule has 0 saturated heterocycles. The Morgan fingerprint density at radius 2 is 1.14 bits per heavy atom. The summed E-state index contributed by atoms with van der Waals surface area (Å²) in [5.41, 5.74) is -2.60. The van der Waals surface area contributed by atoms with Gasteiger partial charge in [-0.3, -0.25) is 4.79 Å². The molecule has 2 nitrogen and oxygen atoms in total. The van der Waals surface area contributed by atoms with Gasteiger partial charge in [0.2, 0.25) is 0 Å². The predicted octanol–water partition coefficient (Wildman–Crippen LogP) is 4.83. The fraction of sp³-hybridized carbons (Fsp3) is 0.929. The maximum atomic E-state index is 12.9. The van der Waals surface area contributed by atoms with Crippen LogP contribution in [-0.2, 0) is 9.53 Å². The van der Waals surface area contributed by atoms with Crippen LogP contribution < -0.4 is 0 Å². The van der Waals surface area contributed by atoms with Crippen molar-refractivity contribution in [2.24, 2.45) is 16.2 Å². The van der Waals surface area contributed by atoms with Crippen molar-refractivity contribution in [1.29, 1.82) is 0 Å². The van der Waals surface area contributed by atoms with Crippen molar-refractivity contribution in [3.63, 3.8) is 0 Å². The Kier molecular flexibility index (Phi) is 5.17. The van der Waals surface area contributed by atoms with Gasteiger partial charge in [-0.2, -0.15) is 22.0 Å². The fourth-order valence-corrected chi connectivity index (χ4v) is 2.12. The van der Waals surface area contributed by atoms with E-state index in [0.29, 0.717) is 0 Å². The summed E-state index contributed by atoms with van der Waals surface area (Å²) in [5.74, 6) is -6.12. The summed E-state index contributed by atoms with van der Waals surface area (Å²) in [6.07, 6.45) is -5.74. The van der Waals surface area contributed by atoms with Crippen LogP contribution in [0.1, 0.15) is 48.5 Å². The third kappa shape index (κ3) is 3.86. The van der Waals surface area contributed by atoms with Crippen LogP contribution >= 0.6 is 0 Å². The zero-order valence-electron chi connectivity index (χ0n) is 13.4. The van der Waals surface area contributed by atoms with E-state index < -0.39 is 40.9 Å². The van der Waals surface area contributed by atoms with Crippen LogP contribution in [0.4, 0.5) is 22.0 Å². The summed E-state index contributed by atoms with van der Waals surface area (Å²) in [5, 5.41) is 0. The lowest BCUT2D eigenvalue weighted by Gasteiger charge is -2.48. The number of hydrogen-bond donors (Lipinski definition) is 0. The molecule has 0 aliphatic rings. The number of hydrogen-bond acceptors (Lipinski definition) is 2. The van der Waals surface area contributed by atoms with Gasteiger partial charge in [0, 0.05) is 0 Å². The molecule has 0 N–H and O–H groups in total. The summed E-state index contributed by atoms with van der Waals surface area (Å²) >= 11 is 0. The van der Waals surface area contributed by atoms with Gasteiger partial charge >= 0.3 is 18.1 Å². The fourth-order valence-electron chi connectivity index (χ4n) is 2.12. The van der Waals surface area contributed by atoms with Crippen molar-refractivity contribution in [3.05, 3.63) is 0 Å². The van der Waals surface area contributed by atoms with E-state index in [1.807, 2.05) is 0 Å². The van der Waals surface area contributed by atoms with Crippen LogP contribution in [0.5, 0.6) is 0 Å². The molecule has 0 aliphatic heterocycles. The summed E-state index contributed by atoms with van der Waals surface area (Å²) < 4.78 is 66.4. The Labute approximate surface area is 122 Å². The Morgan fingerprint density at radius 1 is 0.810 bits per heavy atom. The summed E-state index contributed by atoms with van der Waals surface area (Å²) in [6, 6.07) is 0. The maximum absolute atomic E-state index is 12.9. The average molecular weight is 318 g/mol. The van der Waals surface area contributed by atoms with Gasteiger partial charge in [-0.05, 0) is 17.8 Å². The smallest absolute Gasteiger partial charge is 0.456 e. The van der Waals surface area contributed by atoms with Gasteiger partial charge in [0.25, 0.3) is 0 Å². The first-order valence-corrected chi connectivity index (χ1v) is 6.50. The second kappa shape index (κ2) is 5.39. The lowest BCUT2D eigenvalue weighted by Crippen LogP contribution is -2.52. The zero-order valence-corrected chi connectivity index (χ0v) is 13.4. The van der Waals surface area contributed by atoms with Gasteiger partial charge in [0.1, 0.15) is 0 Å². The predicted molar refractivity (Wildman–Crippen MR) is 69.0 cm³/mol. The van der Waals surface area contributed by atoms with Crippen molar-refractivity contribution >= 4 is 5.97 Å². The minimum absolute atomic E-state index is 0.685. The van der Waals surface area contributed by atoms with Gasteiger partial charge in [0.15, 0.2) is 6.61 Å². The molecule has 0 heterocycles. The summed E-state index contributed by atoms with van der Waals surface area (Å²) in [6.45, 7) is 9.77. The second-order valence-corrected chi connectivity index (χ2v) is 7.40. The van der Waals surface area contributed by atoms with E-state index >= 15 is 0 Å². The first-order chi connectivity index (χ1) is 8.88. The molecular formula is C14H23F5O2. The summed E-state index contributed by atoms with van der Waals surface area (Å²) in [7, 11) is 0. The van der Waals surface area contributed by atoms with Gasteiger partial charge in [-0.1, -0.05) is 41.5 Å². The Balaban J connectivity index is 5.33. The molecule has 0 aromatic heterocycles. The number of ether oxygens (including phenoxy) is 1. The van der Waals surface area contributed by atoms with Crippen molar-refractivity contribution < 1.29 is 31.5 Å². The molecule has 0 unspecified atom stereocenters. The quantitative estimate of drug-likeness (QED) is 0.550. The Bertz CT molecular complexity index is 372. The molecule has 0 rings (SSSR count). The standard InChI is InChI=1S/C14H23F5O2/c1-10(2,3)12(7,11(4,5)6)9(20)21-8-13(15,16)14(17,18)19/h8H2,1-7H3. The molecule has 126 valence electrons. The number of rotatable bonds is 3. The minimum atomic E-state index is -5.74. The van der Waals surface area contributed by atoms with E-state index in [4.69, 9.17) is 0 Å². The van der Waals surface area contributed by atoms with Crippen LogP contribution in [0.15, 0.2) is 0 Å². The monoisotopic (exact) mass is 318 g/mol. The molecule has 0 spiro atoms. The van der Waals surface area contributed by atoms with Crippen molar-refractivity contribution in [2.75, 3.05) is 6.61 Å². The first kappa shape index (κ1) is 20.1. The van der Waals surface area contributed by atoms with Crippen LogP contribution in [0.2, 0.25) is 0 Å². The van der Waals surface area contributed by atoms with Gasteiger partial charge in [-0.25, -0.2) is 0 Å². The average Bonchev–Trinajstić information content (AvgIpc) is 2.19. The number of carbonyl (C=O) groups excluding carboxylic acids is 1. The van der Waals surface area contributed by atoms with E-state index in [-0.39, 0.29) is 0 Å². The highest BCUT2D eigenvalue weighted by atomic mass is 19.4. The number of halogens is 5. The molecular weight excluding hydrogens is 295 g/mol. The van der Waals surface area contributed by atoms with E-state index in [0.717, 1.165) is 0 Å². The van der Waals surface area contributed by atoms with Crippen LogP contribution in [0.25, 0.3) is 0 Å². The van der Waals surface area contributed by atoms with E-state index in [1.54, 1.807) is 41.5 Å². The molecule has 0 aromatic carbocycles. The molecule has 0 aliphatic carbocycles. The molecule has 0 saturated carbocycles. The molecule has 0 atom stereocenters. The largest absolute Gasteiger partial charge is 0.458 e. The van der Waals surface area contributed by atoms with Gasteiger partial charge in [-0.15, -0.1) is 0 Å². The molecule has 0 fully saturated rings. The van der Waals surface area contributed by atoms with Gasteiger partial charge < -0.3 is 4.74 Å². The molecule has 21 heavy (non-hydrogen) atoms.